The van der Waals surface area contributed by atoms with Gasteiger partial charge in [-0.1, -0.05) is 36.4 Å². The number of nitrogens with zero attached hydrogens (tertiary/aromatic N) is 2. The molecule has 0 unspecified atom stereocenters. The normalized spacial score (nSPS) is 15.5. The number of aryl methyl sites for hydroxylation is 1. The van der Waals surface area contributed by atoms with Crippen molar-refractivity contribution in [3.63, 3.8) is 0 Å². The summed E-state index contributed by atoms with van der Waals surface area (Å²) in [5.74, 6) is -0.567. The van der Waals surface area contributed by atoms with Crippen LogP contribution >= 0.6 is 0 Å². The first-order valence-electron chi connectivity index (χ1n) is 9.19. The van der Waals surface area contributed by atoms with Crippen LogP contribution in [0, 0.1) is 20.2 Å². The monoisotopic (exact) mass is 391 g/mol. The minimum absolute atomic E-state index is 0.0988. The van der Waals surface area contributed by atoms with Crippen LogP contribution in [0.4, 0.5) is 11.4 Å². The molecule has 4 rings (SSSR count). The van der Waals surface area contributed by atoms with Gasteiger partial charge in [-0.25, -0.2) is 0 Å². The molecule has 0 aliphatic heterocycles. The molecule has 0 saturated heterocycles. The van der Waals surface area contributed by atoms with Crippen LogP contribution in [0.2, 0.25) is 0 Å². The largest absolute Gasteiger partial charge is 0.345 e. The Balaban J connectivity index is 1.71. The van der Waals surface area contributed by atoms with E-state index in [4.69, 9.17) is 0 Å². The Hall–Kier alpha value is -3.81. The van der Waals surface area contributed by atoms with Crippen LogP contribution < -0.4 is 5.32 Å². The second-order valence-corrected chi connectivity index (χ2v) is 7.03. The van der Waals surface area contributed by atoms with E-state index in [1.807, 2.05) is 24.3 Å². The zero-order valence-electron chi connectivity index (χ0n) is 15.3. The third-order valence-corrected chi connectivity index (χ3v) is 5.24. The van der Waals surface area contributed by atoms with Gasteiger partial charge in [0.2, 0.25) is 0 Å². The highest BCUT2D eigenvalue weighted by atomic mass is 16.6. The van der Waals surface area contributed by atoms with E-state index < -0.39 is 27.1 Å². The van der Waals surface area contributed by atoms with E-state index in [2.05, 4.69) is 17.4 Å². The average molecular weight is 391 g/mol. The van der Waals surface area contributed by atoms with Gasteiger partial charge in [-0.15, -0.1) is 0 Å². The standard InChI is InChI=1S/C21H17N3O5/c25-21(15-10-16(23(26)27)12-17(11-15)24(28)29)22-19-7-3-5-14-9-8-13-4-1-2-6-18(13)20(14)19/h1-2,4,6,8-12,19H,3,5,7H2,(H,22,25)/t19-/m0/s1. The molecule has 29 heavy (non-hydrogen) atoms. The molecule has 3 aromatic rings. The Morgan fingerprint density at radius 1 is 0.966 bits per heavy atom. The van der Waals surface area contributed by atoms with Crippen molar-refractivity contribution in [1.82, 2.24) is 5.32 Å². The summed E-state index contributed by atoms with van der Waals surface area (Å²) in [6.07, 6.45) is 2.53. The van der Waals surface area contributed by atoms with E-state index in [0.717, 1.165) is 59.4 Å². The molecule has 1 amide bonds. The molecular formula is C21H17N3O5. The Bertz CT molecular complexity index is 1130. The smallest absolute Gasteiger partial charge is 0.277 e. The zero-order chi connectivity index (χ0) is 20.5. The number of non-ortho nitro benzene ring substituents is 2. The number of carbonyl (C=O) groups excluding carboxylic acids is 1. The van der Waals surface area contributed by atoms with Gasteiger partial charge in [0, 0.05) is 12.1 Å². The molecule has 0 saturated carbocycles. The van der Waals surface area contributed by atoms with Gasteiger partial charge in [-0.3, -0.25) is 25.0 Å². The lowest BCUT2D eigenvalue weighted by Gasteiger charge is -2.28. The van der Waals surface area contributed by atoms with E-state index in [1.54, 1.807) is 0 Å². The summed E-state index contributed by atoms with van der Waals surface area (Å²) in [5, 5.41) is 27.3. The third kappa shape index (κ3) is 3.52. The topological polar surface area (TPSA) is 115 Å². The Morgan fingerprint density at radius 3 is 2.34 bits per heavy atom. The average Bonchev–Trinajstić information content (AvgIpc) is 2.73. The van der Waals surface area contributed by atoms with Gasteiger partial charge in [-0.2, -0.15) is 0 Å². The van der Waals surface area contributed by atoms with Crippen molar-refractivity contribution in [1.29, 1.82) is 0 Å². The van der Waals surface area contributed by atoms with Crippen LogP contribution in [0.1, 0.15) is 40.4 Å². The lowest BCUT2D eigenvalue weighted by molar-refractivity contribution is -0.394. The summed E-state index contributed by atoms with van der Waals surface area (Å²) >= 11 is 0. The quantitative estimate of drug-likeness (QED) is 0.520. The van der Waals surface area contributed by atoms with E-state index in [9.17, 15) is 25.0 Å². The van der Waals surface area contributed by atoms with Crippen LogP contribution in [-0.4, -0.2) is 15.8 Å². The minimum Gasteiger partial charge on any atom is -0.345 e. The van der Waals surface area contributed by atoms with Crippen molar-refractivity contribution in [3.8, 4) is 0 Å². The number of benzene rings is 3. The van der Waals surface area contributed by atoms with Gasteiger partial charge < -0.3 is 5.32 Å². The van der Waals surface area contributed by atoms with Crippen LogP contribution in [0.3, 0.4) is 0 Å². The van der Waals surface area contributed by atoms with Crippen LogP contribution in [0.5, 0.6) is 0 Å². The maximum Gasteiger partial charge on any atom is 0.277 e. The van der Waals surface area contributed by atoms with E-state index in [1.165, 1.54) is 0 Å². The van der Waals surface area contributed by atoms with Crippen molar-refractivity contribution >= 4 is 28.1 Å². The molecular weight excluding hydrogens is 374 g/mol. The Morgan fingerprint density at radius 2 is 1.66 bits per heavy atom. The second kappa shape index (κ2) is 7.31. The molecule has 146 valence electrons. The molecule has 1 aliphatic rings. The van der Waals surface area contributed by atoms with E-state index >= 15 is 0 Å². The molecule has 8 heteroatoms. The van der Waals surface area contributed by atoms with E-state index in [0.29, 0.717) is 0 Å². The van der Waals surface area contributed by atoms with Crippen molar-refractivity contribution in [2.75, 3.05) is 0 Å². The predicted octanol–water partition coefficient (Wildman–Crippen LogP) is 4.46. The van der Waals surface area contributed by atoms with Crippen molar-refractivity contribution in [2.45, 2.75) is 25.3 Å². The molecule has 0 aromatic heterocycles. The SMILES string of the molecule is O=C(N[C@H]1CCCc2ccc3ccccc3c21)c1cc([N+](=O)[O-])cc([N+](=O)[O-])c1. The maximum atomic E-state index is 12.9. The predicted molar refractivity (Wildman–Crippen MR) is 107 cm³/mol. The van der Waals surface area contributed by atoms with Crippen LogP contribution in [0.25, 0.3) is 10.8 Å². The third-order valence-electron chi connectivity index (χ3n) is 5.24. The maximum absolute atomic E-state index is 12.9. The fraction of sp³-hybridized carbons (Fsp3) is 0.190. The van der Waals surface area contributed by atoms with Gasteiger partial charge >= 0.3 is 0 Å². The molecule has 3 aromatic carbocycles. The number of nitro groups is 2. The first kappa shape index (κ1) is 18.5. The number of hydrogen-bond donors (Lipinski definition) is 1. The highest BCUT2D eigenvalue weighted by Crippen LogP contribution is 2.36. The van der Waals surface area contributed by atoms with Crippen LogP contribution in [0.15, 0.2) is 54.6 Å². The number of carbonyl (C=O) groups is 1. The summed E-state index contributed by atoms with van der Waals surface area (Å²) in [7, 11) is 0. The van der Waals surface area contributed by atoms with E-state index in [-0.39, 0.29) is 11.6 Å². The van der Waals surface area contributed by atoms with Crippen molar-refractivity contribution in [3.05, 3.63) is 91.5 Å². The highest BCUT2D eigenvalue weighted by molar-refractivity contribution is 5.96. The first-order chi connectivity index (χ1) is 13.9. The summed E-state index contributed by atoms with van der Waals surface area (Å²) in [4.78, 5) is 33.6. The summed E-state index contributed by atoms with van der Waals surface area (Å²) in [5.41, 5.74) is 1.13. The Kier molecular flexibility index (Phi) is 4.67. The molecule has 1 atom stereocenters. The molecule has 1 aliphatic carbocycles. The Labute approximate surface area is 165 Å². The number of fused-ring (bicyclic) bond motifs is 3. The molecule has 1 N–H and O–H groups in total. The molecule has 0 radical (unpaired) electrons. The molecule has 0 spiro atoms. The summed E-state index contributed by atoms with van der Waals surface area (Å²) in [6.45, 7) is 0. The number of hydrogen-bond acceptors (Lipinski definition) is 5. The van der Waals surface area contributed by atoms with Crippen molar-refractivity contribution in [2.24, 2.45) is 0 Å². The number of nitrogens with one attached hydrogen (secondary N) is 1. The van der Waals surface area contributed by atoms with Gasteiger partial charge in [0.05, 0.1) is 27.5 Å². The summed E-state index contributed by atoms with van der Waals surface area (Å²) in [6, 6.07) is 14.7. The fourth-order valence-corrected chi connectivity index (χ4v) is 3.93. The fourth-order valence-electron chi connectivity index (χ4n) is 3.93. The minimum atomic E-state index is -0.743. The molecule has 0 bridgehead atoms. The number of amides is 1. The van der Waals surface area contributed by atoms with Gasteiger partial charge in [0.25, 0.3) is 17.3 Å². The summed E-state index contributed by atoms with van der Waals surface area (Å²) < 4.78 is 0. The number of rotatable bonds is 4. The lowest BCUT2D eigenvalue weighted by Crippen LogP contribution is -2.31. The zero-order valence-corrected chi connectivity index (χ0v) is 15.3. The highest BCUT2D eigenvalue weighted by Gasteiger charge is 2.26. The van der Waals surface area contributed by atoms with Crippen molar-refractivity contribution < 1.29 is 14.6 Å². The van der Waals surface area contributed by atoms with Gasteiger partial charge in [0.15, 0.2) is 0 Å². The number of nitro benzene ring substituents is 2. The first-order valence-corrected chi connectivity index (χ1v) is 9.19. The molecule has 0 fully saturated rings. The van der Waals surface area contributed by atoms with Crippen LogP contribution in [-0.2, 0) is 6.42 Å². The van der Waals surface area contributed by atoms with Gasteiger partial charge in [-0.05, 0) is 41.2 Å². The molecule has 8 nitrogen and oxygen atoms in total. The lowest BCUT2D eigenvalue weighted by atomic mass is 9.84. The molecule has 0 heterocycles. The second-order valence-electron chi connectivity index (χ2n) is 7.03. The van der Waals surface area contributed by atoms with Gasteiger partial charge in [0.1, 0.15) is 0 Å².